The van der Waals surface area contributed by atoms with Crippen LogP contribution in [0.2, 0.25) is 0 Å². The van der Waals surface area contributed by atoms with Gasteiger partial charge < -0.3 is 5.73 Å². The molecule has 1 heterocycles. The topological polar surface area (TPSA) is 43.8 Å². The van der Waals surface area contributed by atoms with E-state index in [1.165, 1.54) is 24.1 Å². The molecule has 0 aliphatic carbocycles. The molecule has 0 spiro atoms. The Morgan fingerprint density at radius 2 is 1.88 bits per heavy atom. The first-order valence-electron chi connectivity index (χ1n) is 6.36. The van der Waals surface area contributed by atoms with Gasteiger partial charge in [-0.2, -0.15) is 5.10 Å². The normalized spacial score (nSPS) is 11.4. The van der Waals surface area contributed by atoms with Gasteiger partial charge in [0.05, 0.1) is 5.69 Å². The van der Waals surface area contributed by atoms with E-state index >= 15 is 0 Å². The summed E-state index contributed by atoms with van der Waals surface area (Å²) in [5.74, 6) is 0.740. The zero-order valence-electron chi connectivity index (χ0n) is 11.1. The third-order valence-electron chi connectivity index (χ3n) is 3.51. The van der Waals surface area contributed by atoms with Crippen molar-refractivity contribution in [2.24, 2.45) is 11.7 Å². The lowest BCUT2D eigenvalue weighted by Crippen LogP contribution is -2.12. The van der Waals surface area contributed by atoms with E-state index in [-0.39, 0.29) is 0 Å². The molecule has 0 amide bonds. The minimum atomic E-state index is 0.707. The zero-order valence-corrected chi connectivity index (χ0v) is 11.1. The van der Waals surface area contributed by atoms with E-state index in [0.29, 0.717) is 6.54 Å². The summed E-state index contributed by atoms with van der Waals surface area (Å²) in [6.07, 6.45) is 3.39. The van der Waals surface area contributed by atoms with Crippen molar-refractivity contribution in [1.82, 2.24) is 9.78 Å². The molecule has 0 fully saturated rings. The smallest absolute Gasteiger partial charge is 0.0628 e. The Hall–Kier alpha value is -0.830. The third-order valence-corrected chi connectivity index (χ3v) is 3.51. The molecule has 0 unspecified atom stereocenters. The summed E-state index contributed by atoms with van der Waals surface area (Å²) in [6, 6.07) is 0. The van der Waals surface area contributed by atoms with Crippen molar-refractivity contribution in [3.8, 4) is 0 Å². The number of hydrogen-bond donors (Lipinski definition) is 1. The standard InChI is InChI=1S/C13H25N3/c1-5-12(6-2)9-16-11(4)13(7-8-14)10(3)15-16/h12H,5-9,14H2,1-4H3. The van der Waals surface area contributed by atoms with Crippen LogP contribution in [-0.4, -0.2) is 16.3 Å². The summed E-state index contributed by atoms with van der Waals surface area (Å²) in [4.78, 5) is 0. The number of aryl methyl sites for hydroxylation is 1. The molecule has 3 heteroatoms. The van der Waals surface area contributed by atoms with E-state index in [1.54, 1.807) is 0 Å². The van der Waals surface area contributed by atoms with Gasteiger partial charge in [-0.15, -0.1) is 0 Å². The summed E-state index contributed by atoms with van der Waals surface area (Å²) < 4.78 is 2.16. The fraction of sp³-hybridized carbons (Fsp3) is 0.769. The monoisotopic (exact) mass is 223 g/mol. The van der Waals surface area contributed by atoms with E-state index in [2.05, 4.69) is 37.5 Å². The first-order chi connectivity index (χ1) is 7.63. The van der Waals surface area contributed by atoms with Crippen LogP contribution in [0.4, 0.5) is 0 Å². The predicted octanol–water partition coefficient (Wildman–Crippen LogP) is 2.44. The molecule has 0 atom stereocenters. The van der Waals surface area contributed by atoms with Gasteiger partial charge in [-0.25, -0.2) is 0 Å². The lowest BCUT2D eigenvalue weighted by atomic mass is 10.0. The van der Waals surface area contributed by atoms with Gasteiger partial charge in [-0.1, -0.05) is 26.7 Å². The molecule has 3 nitrogen and oxygen atoms in total. The molecular formula is C13H25N3. The summed E-state index contributed by atoms with van der Waals surface area (Å²) in [5, 5.41) is 4.63. The fourth-order valence-electron chi connectivity index (χ4n) is 2.21. The molecule has 0 radical (unpaired) electrons. The van der Waals surface area contributed by atoms with Crippen LogP contribution in [0.15, 0.2) is 0 Å². The molecule has 0 bridgehead atoms. The van der Waals surface area contributed by atoms with Crippen LogP contribution in [0.5, 0.6) is 0 Å². The Morgan fingerprint density at radius 3 is 2.38 bits per heavy atom. The molecule has 0 aliphatic heterocycles. The van der Waals surface area contributed by atoms with Crippen molar-refractivity contribution in [1.29, 1.82) is 0 Å². The van der Waals surface area contributed by atoms with E-state index in [0.717, 1.165) is 24.6 Å². The SMILES string of the molecule is CCC(CC)Cn1nc(C)c(CCN)c1C. The van der Waals surface area contributed by atoms with Crippen LogP contribution in [-0.2, 0) is 13.0 Å². The maximum atomic E-state index is 5.62. The van der Waals surface area contributed by atoms with Crippen LogP contribution < -0.4 is 5.73 Å². The molecule has 1 rings (SSSR count). The summed E-state index contributed by atoms with van der Waals surface area (Å²) in [5.41, 5.74) is 9.41. The van der Waals surface area contributed by atoms with Crippen LogP contribution in [0.25, 0.3) is 0 Å². The molecule has 1 aromatic rings. The van der Waals surface area contributed by atoms with Gasteiger partial charge in [0.2, 0.25) is 0 Å². The Balaban J connectivity index is 2.85. The first kappa shape index (κ1) is 13.2. The Labute approximate surface area is 99.0 Å². The van der Waals surface area contributed by atoms with E-state index in [1.807, 2.05) is 0 Å². The lowest BCUT2D eigenvalue weighted by molar-refractivity contribution is 0.390. The highest BCUT2D eigenvalue weighted by Crippen LogP contribution is 2.17. The van der Waals surface area contributed by atoms with E-state index in [9.17, 15) is 0 Å². The van der Waals surface area contributed by atoms with Crippen LogP contribution in [0, 0.1) is 19.8 Å². The van der Waals surface area contributed by atoms with Gasteiger partial charge in [-0.3, -0.25) is 4.68 Å². The summed E-state index contributed by atoms with van der Waals surface area (Å²) >= 11 is 0. The highest BCUT2D eigenvalue weighted by Gasteiger charge is 2.13. The largest absolute Gasteiger partial charge is 0.330 e. The second kappa shape index (κ2) is 6.04. The van der Waals surface area contributed by atoms with Gasteiger partial charge in [-0.05, 0) is 38.3 Å². The first-order valence-corrected chi connectivity index (χ1v) is 6.36. The Morgan fingerprint density at radius 1 is 1.25 bits per heavy atom. The second-order valence-corrected chi connectivity index (χ2v) is 4.55. The predicted molar refractivity (Wildman–Crippen MR) is 68.5 cm³/mol. The average Bonchev–Trinajstić information content (AvgIpc) is 2.54. The third kappa shape index (κ3) is 2.85. The van der Waals surface area contributed by atoms with Crippen LogP contribution in [0.3, 0.4) is 0 Å². The quantitative estimate of drug-likeness (QED) is 0.805. The number of rotatable bonds is 6. The zero-order chi connectivity index (χ0) is 12.1. The van der Waals surface area contributed by atoms with Gasteiger partial charge in [0, 0.05) is 12.2 Å². The van der Waals surface area contributed by atoms with Crippen molar-refractivity contribution in [2.75, 3.05) is 6.54 Å². The molecule has 0 aliphatic rings. The highest BCUT2D eigenvalue weighted by atomic mass is 15.3. The molecule has 2 N–H and O–H groups in total. The second-order valence-electron chi connectivity index (χ2n) is 4.55. The number of aromatic nitrogens is 2. The van der Waals surface area contributed by atoms with Crippen molar-refractivity contribution in [3.63, 3.8) is 0 Å². The molecule has 1 aromatic heterocycles. The maximum absolute atomic E-state index is 5.62. The molecular weight excluding hydrogens is 198 g/mol. The van der Waals surface area contributed by atoms with Crippen molar-refractivity contribution in [2.45, 2.75) is 53.5 Å². The summed E-state index contributed by atoms with van der Waals surface area (Å²) in [7, 11) is 0. The number of nitrogens with zero attached hydrogens (tertiary/aromatic N) is 2. The number of nitrogens with two attached hydrogens (primary N) is 1. The molecule has 0 saturated carbocycles. The minimum absolute atomic E-state index is 0.707. The van der Waals surface area contributed by atoms with Crippen molar-refractivity contribution in [3.05, 3.63) is 17.0 Å². The van der Waals surface area contributed by atoms with Gasteiger partial charge in [0.15, 0.2) is 0 Å². The molecule has 0 saturated heterocycles. The van der Waals surface area contributed by atoms with E-state index in [4.69, 9.17) is 5.73 Å². The van der Waals surface area contributed by atoms with E-state index < -0.39 is 0 Å². The highest BCUT2D eigenvalue weighted by molar-refractivity contribution is 5.24. The van der Waals surface area contributed by atoms with Crippen molar-refractivity contribution >= 4 is 0 Å². The summed E-state index contributed by atoms with van der Waals surface area (Å²) in [6.45, 7) is 10.5. The minimum Gasteiger partial charge on any atom is -0.330 e. The van der Waals surface area contributed by atoms with Gasteiger partial charge >= 0.3 is 0 Å². The van der Waals surface area contributed by atoms with Crippen LogP contribution >= 0.6 is 0 Å². The maximum Gasteiger partial charge on any atom is 0.0628 e. The molecule has 16 heavy (non-hydrogen) atoms. The van der Waals surface area contributed by atoms with Crippen molar-refractivity contribution < 1.29 is 0 Å². The number of hydrogen-bond acceptors (Lipinski definition) is 2. The Kier molecular flexibility index (Phi) is 5.00. The average molecular weight is 223 g/mol. The van der Waals surface area contributed by atoms with Gasteiger partial charge in [0.1, 0.15) is 0 Å². The lowest BCUT2D eigenvalue weighted by Gasteiger charge is -2.13. The Bertz CT molecular complexity index is 324. The fourth-order valence-corrected chi connectivity index (χ4v) is 2.21. The van der Waals surface area contributed by atoms with Crippen LogP contribution in [0.1, 0.15) is 43.6 Å². The molecule has 0 aromatic carbocycles. The van der Waals surface area contributed by atoms with Gasteiger partial charge in [0.25, 0.3) is 0 Å². The molecule has 92 valence electrons.